The number of hydrogen-bond donors (Lipinski definition) is 1. The zero-order valence-electron chi connectivity index (χ0n) is 16.4. The molecule has 0 fully saturated rings. The molecule has 3 aromatic heterocycles. The van der Waals surface area contributed by atoms with Crippen molar-refractivity contribution in [3.8, 4) is 0 Å². The number of sulfone groups is 1. The molecule has 158 valence electrons. The summed E-state index contributed by atoms with van der Waals surface area (Å²) in [6.07, 6.45) is 3.10. The minimum absolute atomic E-state index is 0.000542. The highest BCUT2D eigenvalue weighted by Gasteiger charge is 2.30. The van der Waals surface area contributed by atoms with E-state index < -0.39 is 9.84 Å². The van der Waals surface area contributed by atoms with Crippen LogP contribution in [0.15, 0.2) is 87.8 Å². The average molecular weight is 463 g/mol. The summed E-state index contributed by atoms with van der Waals surface area (Å²) in [5.41, 5.74) is 8.37. The lowest BCUT2D eigenvalue weighted by Crippen LogP contribution is -2.06. The molecular formula is C22H15ClN6O2S. The molecule has 0 saturated heterocycles. The van der Waals surface area contributed by atoms with E-state index >= 15 is 0 Å². The monoisotopic (exact) mass is 462 g/mol. The number of aromatic nitrogens is 4. The van der Waals surface area contributed by atoms with E-state index in [4.69, 9.17) is 17.3 Å². The lowest BCUT2D eigenvalue weighted by Gasteiger charge is -2.05. The Balaban J connectivity index is 1.82. The third-order valence-corrected chi connectivity index (χ3v) is 6.85. The standard InChI is InChI=1S/C22H15ClN6O2S/c23-14-6-5-8-16(12-14)32(30,31)20-19-22(28-18-10-2-1-9-17(18)27-19)29(21(20)24)26-13-15-7-3-4-11-25-15/h1-13H,24H2/b26-13+. The largest absolute Gasteiger partial charge is 0.382 e. The number of nitrogens with zero attached hydrogens (tertiary/aromatic N) is 5. The van der Waals surface area contributed by atoms with E-state index in [-0.39, 0.29) is 31.8 Å². The van der Waals surface area contributed by atoms with Crippen LogP contribution in [0.5, 0.6) is 0 Å². The van der Waals surface area contributed by atoms with Crippen LogP contribution in [-0.4, -0.2) is 34.3 Å². The van der Waals surface area contributed by atoms with E-state index in [0.717, 1.165) is 0 Å². The SMILES string of the molecule is Nc1c(S(=O)(=O)c2cccc(Cl)c2)c2nc3ccccc3nc2n1/N=C/c1ccccn1. The topological polar surface area (TPSA) is 116 Å². The Kier molecular flexibility index (Phi) is 4.84. The second kappa shape index (κ2) is 7.70. The molecule has 0 unspecified atom stereocenters. The van der Waals surface area contributed by atoms with Crippen LogP contribution in [0.3, 0.4) is 0 Å². The van der Waals surface area contributed by atoms with Crippen LogP contribution in [0.2, 0.25) is 5.02 Å². The maximum atomic E-state index is 13.6. The molecule has 0 radical (unpaired) electrons. The lowest BCUT2D eigenvalue weighted by atomic mass is 10.3. The normalized spacial score (nSPS) is 12.2. The van der Waals surface area contributed by atoms with E-state index in [1.165, 1.54) is 23.0 Å². The van der Waals surface area contributed by atoms with Gasteiger partial charge in [-0.05, 0) is 42.5 Å². The molecule has 0 aliphatic heterocycles. The molecule has 3 heterocycles. The number of anilines is 1. The highest BCUT2D eigenvalue weighted by Crippen LogP contribution is 2.35. The van der Waals surface area contributed by atoms with Crippen LogP contribution in [0.4, 0.5) is 5.82 Å². The summed E-state index contributed by atoms with van der Waals surface area (Å²) in [5.74, 6) is -0.109. The fraction of sp³-hybridized carbons (Fsp3) is 0. The summed E-state index contributed by atoms with van der Waals surface area (Å²) in [4.78, 5) is 13.2. The first-order chi connectivity index (χ1) is 15.4. The van der Waals surface area contributed by atoms with Gasteiger partial charge in [0.15, 0.2) is 5.65 Å². The Morgan fingerprint density at radius 3 is 2.44 bits per heavy atom. The van der Waals surface area contributed by atoms with Crippen molar-refractivity contribution in [3.63, 3.8) is 0 Å². The molecular weight excluding hydrogens is 448 g/mol. The fourth-order valence-corrected chi connectivity index (χ4v) is 5.11. The van der Waals surface area contributed by atoms with Crippen molar-refractivity contribution in [1.29, 1.82) is 0 Å². The van der Waals surface area contributed by atoms with Gasteiger partial charge in [-0.25, -0.2) is 18.4 Å². The van der Waals surface area contributed by atoms with Crippen molar-refractivity contribution < 1.29 is 8.42 Å². The number of benzene rings is 2. The lowest BCUT2D eigenvalue weighted by molar-refractivity contribution is 0.597. The number of pyridine rings is 1. The maximum Gasteiger partial charge on any atom is 0.212 e. The number of nitrogen functional groups attached to an aromatic ring is 1. The van der Waals surface area contributed by atoms with Gasteiger partial charge in [0.2, 0.25) is 9.84 Å². The van der Waals surface area contributed by atoms with Gasteiger partial charge in [-0.2, -0.15) is 9.78 Å². The third kappa shape index (κ3) is 3.37. The fourth-order valence-electron chi connectivity index (χ4n) is 3.33. The molecule has 0 aliphatic rings. The molecule has 32 heavy (non-hydrogen) atoms. The number of hydrogen-bond acceptors (Lipinski definition) is 7. The average Bonchev–Trinajstić information content (AvgIpc) is 3.07. The van der Waals surface area contributed by atoms with Gasteiger partial charge in [-0.3, -0.25) is 4.98 Å². The zero-order valence-corrected chi connectivity index (χ0v) is 18.0. The van der Waals surface area contributed by atoms with Crippen molar-refractivity contribution in [1.82, 2.24) is 19.6 Å². The molecule has 8 nitrogen and oxygen atoms in total. The zero-order chi connectivity index (χ0) is 22.3. The van der Waals surface area contributed by atoms with Crippen LogP contribution in [0.1, 0.15) is 5.69 Å². The summed E-state index contributed by atoms with van der Waals surface area (Å²) in [5, 5.41) is 4.66. The number of halogens is 1. The second-order valence-electron chi connectivity index (χ2n) is 6.87. The van der Waals surface area contributed by atoms with Crippen LogP contribution in [0, 0.1) is 0 Å². The third-order valence-electron chi connectivity index (χ3n) is 4.80. The van der Waals surface area contributed by atoms with Gasteiger partial charge in [0.25, 0.3) is 0 Å². The number of fused-ring (bicyclic) bond motifs is 2. The quantitative estimate of drug-likeness (QED) is 0.404. The Hall–Kier alpha value is -3.82. The van der Waals surface area contributed by atoms with Gasteiger partial charge in [-0.15, -0.1) is 0 Å². The summed E-state index contributed by atoms with van der Waals surface area (Å²) < 4.78 is 28.4. The molecule has 2 aromatic carbocycles. The van der Waals surface area contributed by atoms with Gasteiger partial charge in [0, 0.05) is 11.2 Å². The number of rotatable bonds is 4. The number of para-hydroxylation sites is 2. The molecule has 0 aliphatic carbocycles. The van der Waals surface area contributed by atoms with Crippen molar-refractivity contribution in [2.45, 2.75) is 9.79 Å². The van der Waals surface area contributed by atoms with Crippen molar-refractivity contribution in [2.24, 2.45) is 5.10 Å². The highest BCUT2D eigenvalue weighted by molar-refractivity contribution is 7.92. The van der Waals surface area contributed by atoms with Crippen LogP contribution < -0.4 is 5.73 Å². The maximum absolute atomic E-state index is 13.6. The molecule has 10 heteroatoms. The molecule has 2 N–H and O–H groups in total. The van der Waals surface area contributed by atoms with Gasteiger partial charge in [0.05, 0.1) is 27.8 Å². The van der Waals surface area contributed by atoms with E-state index in [9.17, 15) is 8.42 Å². The summed E-state index contributed by atoms with van der Waals surface area (Å²) in [6, 6.07) is 18.5. The summed E-state index contributed by atoms with van der Waals surface area (Å²) >= 11 is 6.04. The van der Waals surface area contributed by atoms with Gasteiger partial charge >= 0.3 is 0 Å². The minimum Gasteiger partial charge on any atom is -0.382 e. The number of nitrogens with two attached hydrogens (primary N) is 1. The van der Waals surface area contributed by atoms with E-state index in [2.05, 4.69) is 20.1 Å². The molecule has 0 saturated carbocycles. The minimum atomic E-state index is -4.07. The first kappa shape index (κ1) is 20.1. The summed E-state index contributed by atoms with van der Waals surface area (Å²) in [7, 11) is -4.07. The van der Waals surface area contributed by atoms with Crippen molar-refractivity contribution in [3.05, 3.63) is 83.6 Å². The van der Waals surface area contributed by atoms with Crippen LogP contribution in [0.25, 0.3) is 22.2 Å². The Labute approximate surface area is 187 Å². The van der Waals surface area contributed by atoms with Gasteiger partial charge < -0.3 is 5.73 Å². The van der Waals surface area contributed by atoms with Crippen LogP contribution >= 0.6 is 11.6 Å². The predicted octanol–water partition coefficient (Wildman–Crippen LogP) is 3.93. The molecule has 0 spiro atoms. The first-order valence-corrected chi connectivity index (χ1v) is 11.3. The van der Waals surface area contributed by atoms with Crippen molar-refractivity contribution in [2.75, 3.05) is 5.73 Å². The van der Waals surface area contributed by atoms with Gasteiger partial charge in [0.1, 0.15) is 16.2 Å². The Bertz CT molecular complexity index is 1610. The molecule has 0 atom stereocenters. The first-order valence-electron chi connectivity index (χ1n) is 9.48. The highest BCUT2D eigenvalue weighted by atomic mass is 35.5. The molecule has 5 rings (SSSR count). The van der Waals surface area contributed by atoms with E-state index in [1.807, 2.05) is 12.1 Å². The molecule has 5 aromatic rings. The molecule has 0 amide bonds. The summed E-state index contributed by atoms with van der Waals surface area (Å²) in [6.45, 7) is 0. The molecule has 0 bridgehead atoms. The predicted molar refractivity (Wildman–Crippen MR) is 124 cm³/mol. The Morgan fingerprint density at radius 2 is 1.72 bits per heavy atom. The smallest absolute Gasteiger partial charge is 0.212 e. The van der Waals surface area contributed by atoms with Crippen molar-refractivity contribution >= 4 is 55.7 Å². The van der Waals surface area contributed by atoms with Gasteiger partial charge in [-0.1, -0.05) is 35.9 Å². The van der Waals surface area contributed by atoms with E-state index in [0.29, 0.717) is 16.7 Å². The Morgan fingerprint density at radius 1 is 0.969 bits per heavy atom. The van der Waals surface area contributed by atoms with Crippen LogP contribution in [-0.2, 0) is 9.84 Å². The second-order valence-corrected chi connectivity index (χ2v) is 9.19. The van der Waals surface area contributed by atoms with E-state index in [1.54, 1.807) is 48.7 Å².